The number of carbonyl (C=O) groups is 3. The first kappa shape index (κ1) is 20.5. The van der Waals surface area contributed by atoms with E-state index in [4.69, 9.17) is 0 Å². The number of benzene rings is 2. The minimum absolute atomic E-state index is 0.252. The predicted molar refractivity (Wildman–Crippen MR) is 117 cm³/mol. The number of aryl methyl sites for hydroxylation is 1. The van der Waals surface area contributed by atoms with Gasteiger partial charge in [-0.2, -0.15) is 11.8 Å². The van der Waals surface area contributed by atoms with Crippen molar-refractivity contribution >= 4 is 29.6 Å². The monoisotopic (exact) mass is 423 g/mol. The largest absolute Gasteiger partial charge is 0.354 e. The minimum atomic E-state index is -1.03. The van der Waals surface area contributed by atoms with Crippen molar-refractivity contribution in [2.45, 2.75) is 30.6 Å². The number of carbonyl (C=O) groups excluding carboxylic acids is 3. The van der Waals surface area contributed by atoms with Gasteiger partial charge in [-0.05, 0) is 36.0 Å². The lowest BCUT2D eigenvalue weighted by atomic mass is 9.76. The van der Waals surface area contributed by atoms with E-state index in [1.54, 1.807) is 11.8 Å². The highest BCUT2D eigenvalue weighted by Crippen LogP contribution is 2.39. The van der Waals surface area contributed by atoms with Crippen LogP contribution in [0.15, 0.2) is 54.6 Å². The molecule has 0 saturated carbocycles. The molecular weight excluding hydrogens is 398 g/mol. The van der Waals surface area contributed by atoms with Gasteiger partial charge in [-0.25, -0.2) is 4.79 Å². The average Bonchev–Trinajstić information content (AvgIpc) is 2.99. The maximum Gasteiger partial charge on any atom is 0.325 e. The Morgan fingerprint density at radius 1 is 1.10 bits per heavy atom. The molecule has 0 bridgehead atoms. The topological polar surface area (TPSA) is 78.5 Å². The van der Waals surface area contributed by atoms with Gasteiger partial charge in [-0.1, -0.05) is 54.6 Å². The van der Waals surface area contributed by atoms with Gasteiger partial charge < -0.3 is 10.6 Å². The first-order valence-electron chi connectivity index (χ1n) is 10.2. The highest BCUT2D eigenvalue weighted by atomic mass is 32.2. The molecule has 6 nitrogen and oxygen atoms in total. The van der Waals surface area contributed by atoms with Crippen LogP contribution in [0.4, 0.5) is 4.79 Å². The van der Waals surface area contributed by atoms with Gasteiger partial charge in [0.1, 0.15) is 12.1 Å². The smallest absolute Gasteiger partial charge is 0.325 e. The molecule has 1 atom stereocenters. The molecule has 0 unspecified atom stereocenters. The summed E-state index contributed by atoms with van der Waals surface area (Å²) in [6, 6.07) is 17.4. The highest BCUT2D eigenvalue weighted by molar-refractivity contribution is 7.98. The van der Waals surface area contributed by atoms with E-state index in [-0.39, 0.29) is 18.4 Å². The second-order valence-electron chi connectivity index (χ2n) is 7.63. The summed E-state index contributed by atoms with van der Waals surface area (Å²) >= 11 is 1.73. The normalized spacial score (nSPS) is 20.2. The number of thioether (sulfide) groups is 1. The number of amides is 4. The standard InChI is InChI=1S/C23H25N3O3S/c27-20(24-13-14-30-16-17-7-2-1-3-8-17)15-26-21(28)23(25-22(26)29)12-6-10-18-9-4-5-11-19(18)23/h1-5,7-9,11H,6,10,12-16H2,(H,24,27)(H,25,29)/t23-/m1/s1. The third-order valence-electron chi connectivity index (χ3n) is 5.63. The molecule has 0 radical (unpaired) electrons. The van der Waals surface area contributed by atoms with Crippen molar-refractivity contribution in [3.8, 4) is 0 Å². The van der Waals surface area contributed by atoms with Crippen molar-refractivity contribution in [1.82, 2.24) is 15.5 Å². The Kier molecular flexibility index (Phi) is 6.08. The van der Waals surface area contributed by atoms with E-state index in [2.05, 4.69) is 22.8 Å². The summed E-state index contributed by atoms with van der Waals surface area (Å²) < 4.78 is 0. The van der Waals surface area contributed by atoms with Crippen molar-refractivity contribution in [2.24, 2.45) is 0 Å². The number of imide groups is 1. The van der Waals surface area contributed by atoms with E-state index in [0.29, 0.717) is 13.0 Å². The highest BCUT2D eigenvalue weighted by Gasteiger charge is 2.54. The molecule has 2 aromatic rings. The fourth-order valence-electron chi connectivity index (χ4n) is 4.18. The number of hydrogen-bond donors (Lipinski definition) is 2. The average molecular weight is 424 g/mol. The Labute approximate surface area is 180 Å². The molecule has 1 aliphatic heterocycles. The minimum Gasteiger partial charge on any atom is -0.354 e. The Morgan fingerprint density at radius 2 is 1.87 bits per heavy atom. The van der Waals surface area contributed by atoms with Gasteiger partial charge in [-0.3, -0.25) is 14.5 Å². The van der Waals surface area contributed by atoms with Crippen molar-refractivity contribution < 1.29 is 14.4 Å². The molecule has 1 heterocycles. The van der Waals surface area contributed by atoms with Crippen LogP contribution in [0.2, 0.25) is 0 Å². The molecular formula is C23H25N3O3S. The number of fused-ring (bicyclic) bond motifs is 2. The summed E-state index contributed by atoms with van der Waals surface area (Å²) in [5, 5.41) is 5.69. The van der Waals surface area contributed by atoms with Crippen molar-refractivity contribution in [3.63, 3.8) is 0 Å². The van der Waals surface area contributed by atoms with Crippen molar-refractivity contribution in [1.29, 1.82) is 0 Å². The zero-order valence-corrected chi connectivity index (χ0v) is 17.5. The van der Waals surface area contributed by atoms with Crippen LogP contribution in [0.1, 0.15) is 29.5 Å². The van der Waals surface area contributed by atoms with E-state index in [9.17, 15) is 14.4 Å². The molecule has 2 aliphatic rings. The van der Waals surface area contributed by atoms with Gasteiger partial charge in [0.05, 0.1) is 0 Å². The predicted octanol–water partition coefficient (Wildman–Crippen LogP) is 2.82. The fraction of sp³-hybridized carbons (Fsp3) is 0.348. The van der Waals surface area contributed by atoms with Gasteiger partial charge in [0.2, 0.25) is 5.91 Å². The SMILES string of the molecule is O=C(CN1C(=O)N[C@@]2(CCCc3ccccc32)C1=O)NCCSCc1ccccc1. The first-order chi connectivity index (χ1) is 14.6. The van der Waals surface area contributed by atoms with Crippen LogP contribution in [-0.4, -0.2) is 41.6 Å². The zero-order valence-electron chi connectivity index (χ0n) is 16.7. The molecule has 2 N–H and O–H groups in total. The second-order valence-corrected chi connectivity index (χ2v) is 8.73. The van der Waals surface area contributed by atoms with E-state index >= 15 is 0 Å². The number of nitrogens with zero attached hydrogens (tertiary/aromatic N) is 1. The quantitative estimate of drug-likeness (QED) is 0.530. The van der Waals surface area contributed by atoms with Crippen molar-refractivity contribution in [3.05, 3.63) is 71.3 Å². The van der Waals surface area contributed by atoms with E-state index in [0.717, 1.165) is 40.4 Å². The maximum atomic E-state index is 13.2. The van der Waals surface area contributed by atoms with E-state index < -0.39 is 11.6 Å². The number of nitrogens with one attached hydrogen (secondary N) is 2. The number of hydrogen-bond acceptors (Lipinski definition) is 4. The molecule has 1 aliphatic carbocycles. The van der Waals surface area contributed by atoms with Gasteiger partial charge >= 0.3 is 6.03 Å². The summed E-state index contributed by atoms with van der Waals surface area (Å²) in [7, 11) is 0. The fourth-order valence-corrected chi connectivity index (χ4v) is 5.00. The zero-order chi connectivity index (χ0) is 21.0. The molecule has 1 spiro atoms. The molecule has 7 heteroatoms. The lowest BCUT2D eigenvalue weighted by Crippen LogP contribution is -2.47. The molecule has 0 aromatic heterocycles. The Balaban J connectivity index is 1.30. The number of urea groups is 1. The van der Waals surface area contributed by atoms with Crippen LogP contribution >= 0.6 is 11.8 Å². The van der Waals surface area contributed by atoms with Crippen LogP contribution in [0, 0.1) is 0 Å². The van der Waals surface area contributed by atoms with Gasteiger partial charge in [0, 0.05) is 18.1 Å². The summed E-state index contributed by atoms with van der Waals surface area (Å²) in [5.74, 6) is 0.997. The van der Waals surface area contributed by atoms with E-state index in [1.165, 1.54) is 5.56 Å². The maximum absolute atomic E-state index is 13.2. The molecule has 1 saturated heterocycles. The van der Waals surface area contributed by atoms with Gasteiger partial charge in [0.15, 0.2) is 0 Å². The third kappa shape index (κ3) is 4.07. The van der Waals surface area contributed by atoms with Crippen LogP contribution in [0.3, 0.4) is 0 Å². The van der Waals surface area contributed by atoms with Crippen LogP contribution in [0.25, 0.3) is 0 Å². The van der Waals surface area contributed by atoms with Crippen LogP contribution in [-0.2, 0) is 27.3 Å². The summed E-state index contributed by atoms with van der Waals surface area (Å²) in [6.07, 6.45) is 2.27. The summed E-state index contributed by atoms with van der Waals surface area (Å²) in [4.78, 5) is 39.1. The van der Waals surface area contributed by atoms with Gasteiger partial charge in [0.25, 0.3) is 5.91 Å². The Bertz CT molecular complexity index is 950. The summed E-state index contributed by atoms with van der Waals surface area (Å²) in [6.45, 7) is 0.242. The van der Waals surface area contributed by atoms with E-state index in [1.807, 2.05) is 42.5 Å². The Morgan fingerprint density at radius 3 is 2.70 bits per heavy atom. The van der Waals surface area contributed by atoms with Crippen LogP contribution in [0.5, 0.6) is 0 Å². The van der Waals surface area contributed by atoms with Crippen LogP contribution < -0.4 is 10.6 Å². The number of rotatable bonds is 7. The lowest BCUT2D eigenvalue weighted by Gasteiger charge is -2.33. The molecule has 156 valence electrons. The Hall–Kier alpha value is -2.80. The summed E-state index contributed by atoms with van der Waals surface area (Å²) in [5.41, 5.74) is 2.15. The molecule has 30 heavy (non-hydrogen) atoms. The molecule has 4 amide bonds. The second kappa shape index (κ2) is 8.92. The van der Waals surface area contributed by atoms with Crippen molar-refractivity contribution in [2.75, 3.05) is 18.8 Å². The third-order valence-corrected chi connectivity index (χ3v) is 6.66. The van der Waals surface area contributed by atoms with Gasteiger partial charge in [-0.15, -0.1) is 0 Å². The molecule has 1 fully saturated rings. The molecule has 2 aromatic carbocycles. The lowest BCUT2D eigenvalue weighted by molar-refractivity contribution is -0.135. The molecule has 4 rings (SSSR count). The first-order valence-corrected chi connectivity index (χ1v) is 11.4.